The highest BCUT2D eigenvalue weighted by Crippen LogP contribution is 2.62. The van der Waals surface area contributed by atoms with Crippen molar-refractivity contribution < 1.29 is 9.53 Å². The third-order valence-electron chi connectivity index (χ3n) is 4.09. The molecule has 1 amide bonds. The molecule has 94 valence electrons. The molecule has 0 spiro atoms. The lowest BCUT2D eigenvalue weighted by Crippen LogP contribution is -2.38. The van der Waals surface area contributed by atoms with Crippen LogP contribution in [0.1, 0.15) is 27.7 Å². The van der Waals surface area contributed by atoms with Crippen molar-refractivity contribution in [3.8, 4) is 0 Å². The number of nitrogens with one attached hydrogen (secondary N) is 2. The summed E-state index contributed by atoms with van der Waals surface area (Å²) in [7, 11) is 1.65. The molecular weight excluding hydrogens is 204 g/mol. The van der Waals surface area contributed by atoms with E-state index in [1.165, 1.54) is 0 Å². The molecule has 1 aliphatic rings. The molecule has 16 heavy (non-hydrogen) atoms. The zero-order chi connectivity index (χ0) is 12.4. The van der Waals surface area contributed by atoms with Crippen molar-refractivity contribution in [1.29, 1.82) is 0 Å². The standard InChI is InChI=1S/C12H24N2O2/c1-11(2)10(12(11,3)4)14-9(15)8-13-6-7-16-5/h10,13H,6-8H2,1-5H3,(H,14,15). The summed E-state index contributed by atoms with van der Waals surface area (Å²) < 4.78 is 4.89. The topological polar surface area (TPSA) is 50.4 Å². The summed E-state index contributed by atoms with van der Waals surface area (Å²) in [5.74, 6) is 0.0692. The second-order valence-electron chi connectivity index (χ2n) is 5.61. The largest absolute Gasteiger partial charge is 0.383 e. The molecule has 4 heteroatoms. The van der Waals surface area contributed by atoms with Crippen LogP contribution in [0.25, 0.3) is 0 Å². The van der Waals surface area contributed by atoms with E-state index in [4.69, 9.17) is 4.74 Å². The van der Waals surface area contributed by atoms with Crippen LogP contribution in [0.3, 0.4) is 0 Å². The molecular formula is C12H24N2O2. The van der Waals surface area contributed by atoms with Crippen molar-refractivity contribution in [2.24, 2.45) is 10.8 Å². The Morgan fingerprint density at radius 1 is 1.25 bits per heavy atom. The van der Waals surface area contributed by atoms with Crippen LogP contribution in [0.15, 0.2) is 0 Å². The van der Waals surface area contributed by atoms with Gasteiger partial charge in [0.2, 0.25) is 5.91 Å². The minimum Gasteiger partial charge on any atom is -0.383 e. The molecule has 0 aromatic carbocycles. The van der Waals surface area contributed by atoms with E-state index >= 15 is 0 Å². The van der Waals surface area contributed by atoms with Crippen LogP contribution >= 0.6 is 0 Å². The highest BCUT2D eigenvalue weighted by molar-refractivity contribution is 5.79. The van der Waals surface area contributed by atoms with Crippen molar-refractivity contribution in [2.45, 2.75) is 33.7 Å². The van der Waals surface area contributed by atoms with Crippen molar-refractivity contribution in [3.63, 3.8) is 0 Å². The molecule has 4 nitrogen and oxygen atoms in total. The van der Waals surface area contributed by atoms with Gasteiger partial charge in [0, 0.05) is 19.7 Å². The first-order valence-electron chi connectivity index (χ1n) is 5.83. The maximum atomic E-state index is 11.6. The van der Waals surface area contributed by atoms with E-state index in [0.29, 0.717) is 19.7 Å². The first kappa shape index (κ1) is 13.5. The summed E-state index contributed by atoms with van der Waals surface area (Å²) in [6, 6.07) is 0.289. The predicted molar refractivity (Wildman–Crippen MR) is 64.2 cm³/mol. The van der Waals surface area contributed by atoms with Gasteiger partial charge in [0.15, 0.2) is 0 Å². The highest BCUT2D eigenvalue weighted by Gasteiger charge is 2.65. The second-order valence-corrected chi connectivity index (χ2v) is 5.61. The van der Waals surface area contributed by atoms with E-state index in [2.05, 4.69) is 38.3 Å². The number of ether oxygens (including phenoxy) is 1. The van der Waals surface area contributed by atoms with Gasteiger partial charge in [-0.25, -0.2) is 0 Å². The van der Waals surface area contributed by atoms with E-state index in [1.807, 2.05) is 0 Å². The molecule has 1 fully saturated rings. The first-order chi connectivity index (χ1) is 7.34. The van der Waals surface area contributed by atoms with Crippen LogP contribution in [-0.4, -0.2) is 38.8 Å². The van der Waals surface area contributed by atoms with Gasteiger partial charge in [-0.3, -0.25) is 4.79 Å². The normalized spacial score (nSPS) is 21.8. The lowest BCUT2D eigenvalue weighted by Gasteiger charge is -2.07. The van der Waals surface area contributed by atoms with Crippen LogP contribution in [0, 0.1) is 10.8 Å². The Bertz CT molecular complexity index is 248. The summed E-state index contributed by atoms with van der Waals surface area (Å²) in [5, 5.41) is 6.11. The van der Waals surface area contributed by atoms with Crippen LogP contribution in [0.4, 0.5) is 0 Å². The fraction of sp³-hybridized carbons (Fsp3) is 0.917. The predicted octanol–water partition coefficient (Wildman–Crippen LogP) is 0.773. The molecule has 0 aromatic rings. The Labute approximate surface area is 98.1 Å². The van der Waals surface area contributed by atoms with Gasteiger partial charge in [-0.15, -0.1) is 0 Å². The Hall–Kier alpha value is -0.610. The van der Waals surface area contributed by atoms with Crippen molar-refractivity contribution in [2.75, 3.05) is 26.8 Å². The fourth-order valence-corrected chi connectivity index (χ4v) is 2.15. The number of hydrogen-bond donors (Lipinski definition) is 2. The number of amides is 1. The molecule has 1 rings (SSSR count). The van der Waals surface area contributed by atoms with Gasteiger partial charge in [-0.1, -0.05) is 27.7 Å². The Balaban J connectivity index is 2.22. The summed E-state index contributed by atoms with van der Waals surface area (Å²) in [4.78, 5) is 11.6. The first-order valence-corrected chi connectivity index (χ1v) is 5.83. The monoisotopic (exact) mass is 228 g/mol. The molecule has 0 aliphatic heterocycles. The van der Waals surface area contributed by atoms with E-state index in [0.717, 1.165) is 0 Å². The summed E-state index contributed by atoms with van der Waals surface area (Å²) in [5.41, 5.74) is 0.407. The Morgan fingerprint density at radius 2 is 1.81 bits per heavy atom. The summed E-state index contributed by atoms with van der Waals surface area (Å²) >= 11 is 0. The van der Waals surface area contributed by atoms with Crippen molar-refractivity contribution in [1.82, 2.24) is 10.6 Å². The Morgan fingerprint density at radius 3 is 2.25 bits per heavy atom. The van der Waals surface area contributed by atoms with Gasteiger partial charge in [-0.05, 0) is 10.8 Å². The van der Waals surface area contributed by atoms with Crippen LogP contribution in [0.5, 0.6) is 0 Å². The number of methoxy groups -OCH3 is 1. The maximum absolute atomic E-state index is 11.6. The van der Waals surface area contributed by atoms with Crippen molar-refractivity contribution >= 4 is 5.91 Å². The fourth-order valence-electron chi connectivity index (χ4n) is 2.15. The third-order valence-corrected chi connectivity index (χ3v) is 4.09. The van der Waals surface area contributed by atoms with Crippen LogP contribution in [-0.2, 0) is 9.53 Å². The lowest BCUT2D eigenvalue weighted by molar-refractivity contribution is -0.120. The quantitative estimate of drug-likeness (QED) is 0.660. The van der Waals surface area contributed by atoms with E-state index in [-0.39, 0.29) is 22.8 Å². The van der Waals surface area contributed by atoms with E-state index in [1.54, 1.807) is 7.11 Å². The number of carbonyl (C=O) groups excluding carboxylic acids is 1. The van der Waals surface area contributed by atoms with E-state index in [9.17, 15) is 4.79 Å². The second kappa shape index (κ2) is 4.72. The van der Waals surface area contributed by atoms with Crippen LogP contribution in [0.2, 0.25) is 0 Å². The minimum absolute atomic E-state index is 0.0692. The molecule has 1 saturated carbocycles. The van der Waals surface area contributed by atoms with Gasteiger partial charge < -0.3 is 15.4 Å². The zero-order valence-corrected chi connectivity index (χ0v) is 11.0. The lowest BCUT2D eigenvalue weighted by atomic mass is 10.0. The molecule has 2 N–H and O–H groups in total. The van der Waals surface area contributed by atoms with Gasteiger partial charge in [0.05, 0.1) is 13.2 Å². The SMILES string of the molecule is COCCNCC(=O)NC1C(C)(C)C1(C)C. The maximum Gasteiger partial charge on any atom is 0.234 e. The smallest absolute Gasteiger partial charge is 0.234 e. The highest BCUT2D eigenvalue weighted by atomic mass is 16.5. The van der Waals surface area contributed by atoms with Gasteiger partial charge in [0.1, 0.15) is 0 Å². The molecule has 0 radical (unpaired) electrons. The number of hydrogen-bond acceptors (Lipinski definition) is 3. The molecule has 0 saturated heterocycles. The van der Waals surface area contributed by atoms with E-state index < -0.39 is 0 Å². The molecule has 0 aromatic heterocycles. The minimum atomic E-state index is 0.0692. The van der Waals surface area contributed by atoms with Gasteiger partial charge in [0.25, 0.3) is 0 Å². The molecule has 0 atom stereocenters. The van der Waals surface area contributed by atoms with Gasteiger partial charge in [-0.2, -0.15) is 0 Å². The van der Waals surface area contributed by atoms with Crippen LogP contribution < -0.4 is 10.6 Å². The number of carbonyl (C=O) groups is 1. The summed E-state index contributed by atoms with van der Waals surface area (Å²) in [6.07, 6.45) is 0. The zero-order valence-electron chi connectivity index (χ0n) is 11.0. The van der Waals surface area contributed by atoms with Crippen molar-refractivity contribution in [3.05, 3.63) is 0 Å². The average molecular weight is 228 g/mol. The summed E-state index contributed by atoms with van der Waals surface area (Å²) in [6.45, 7) is 10.5. The molecule has 1 aliphatic carbocycles. The number of rotatable bonds is 6. The average Bonchev–Trinajstić information content (AvgIpc) is 2.56. The third kappa shape index (κ3) is 2.55. The molecule has 0 heterocycles. The Kier molecular flexibility index (Phi) is 3.97. The molecule has 0 bridgehead atoms. The molecule has 0 unspecified atom stereocenters. The van der Waals surface area contributed by atoms with Gasteiger partial charge >= 0.3 is 0 Å².